The maximum atomic E-state index is 13.9. The zero-order chi connectivity index (χ0) is 29.9. The van der Waals surface area contributed by atoms with Gasteiger partial charge in [0.1, 0.15) is 11.9 Å². The van der Waals surface area contributed by atoms with Gasteiger partial charge in [-0.1, -0.05) is 12.6 Å². The number of hydrogen-bond acceptors (Lipinski definition) is 7. The summed E-state index contributed by atoms with van der Waals surface area (Å²) in [5, 5.41) is 7.26. The molecule has 9 nitrogen and oxygen atoms in total. The second kappa shape index (κ2) is 12.9. The maximum Gasteiger partial charge on any atom is 0.255 e. The third-order valence-electron chi connectivity index (χ3n) is 7.74. The van der Waals surface area contributed by atoms with E-state index in [1.54, 1.807) is 22.8 Å². The molecule has 3 aromatic rings. The lowest BCUT2D eigenvalue weighted by atomic mass is 9.97. The molecule has 2 fully saturated rings. The van der Waals surface area contributed by atoms with E-state index in [4.69, 9.17) is 18.9 Å². The highest BCUT2D eigenvalue weighted by Gasteiger charge is 2.39. The highest BCUT2D eigenvalue weighted by molar-refractivity contribution is 6.00. The van der Waals surface area contributed by atoms with Crippen LogP contribution in [-0.4, -0.2) is 85.6 Å². The number of morpholine rings is 1. The molecule has 3 atom stereocenters. The summed E-state index contributed by atoms with van der Waals surface area (Å²) in [5.41, 5.74) is 3.31. The fraction of sp³-hybridized carbons (Fsp3) is 0.484. The van der Waals surface area contributed by atoms with Gasteiger partial charge in [0, 0.05) is 43.4 Å². The number of rotatable bonds is 13. The molecular weight excluding hydrogens is 546 g/mol. The molecular formula is C31H38F2N4O5. The van der Waals surface area contributed by atoms with Crippen LogP contribution in [-0.2, 0) is 26.4 Å². The Morgan fingerprint density at radius 2 is 2.07 bits per heavy atom. The molecule has 1 aliphatic heterocycles. The second-order valence-corrected chi connectivity index (χ2v) is 11.1. The van der Waals surface area contributed by atoms with Gasteiger partial charge in [0.15, 0.2) is 0 Å². The third-order valence-corrected chi connectivity index (χ3v) is 7.74. The van der Waals surface area contributed by atoms with Crippen molar-refractivity contribution in [1.82, 2.24) is 19.8 Å². The number of nitrogens with one attached hydrogen (secondary N) is 1. The van der Waals surface area contributed by atoms with Crippen LogP contribution < -0.4 is 10.1 Å². The van der Waals surface area contributed by atoms with E-state index in [0.29, 0.717) is 17.7 Å². The Bertz CT molecular complexity index is 1420. The van der Waals surface area contributed by atoms with E-state index in [1.807, 2.05) is 32.2 Å². The smallest absolute Gasteiger partial charge is 0.255 e. The topological polar surface area (TPSA) is 86.6 Å². The van der Waals surface area contributed by atoms with Crippen molar-refractivity contribution in [1.29, 1.82) is 0 Å². The van der Waals surface area contributed by atoms with E-state index < -0.39 is 30.1 Å². The Morgan fingerprint density at radius 1 is 1.31 bits per heavy atom. The molecule has 0 radical (unpaired) electrons. The van der Waals surface area contributed by atoms with Crippen molar-refractivity contribution in [3.63, 3.8) is 0 Å². The van der Waals surface area contributed by atoms with Crippen LogP contribution in [0.15, 0.2) is 49.3 Å². The predicted octanol–water partition coefficient (Wildman–Crippen LogP) is 4.43. The number of halogens is 2. The van der Waals surface area contributed by atoms with E-state index in [2.05, 4.69) is 21.9 Å². The molecule has 0 bridgehead atoms. The van der Waals surface area contributed by atoms with Crippen LogP contribution >= 0.6 is 0 Å². The standard InChI is InChI=1S/C31H38F2N4O5/c1-5-28(33)41-19-21-14-20(15-27(39-4)29(21)30(38)35-25-16-24(25)32)23-17-34-37-18-22(6-7-26(23)37)31(2,3)42-13-10-36-8-11-40-12-9-36/h5-7,14-15,17-18,24-25,28H,1,8-13,16,19H2,2-4H3,(H,35,38)/t24-,25+,28?/m0/s1. The van der Waals surface area contributed by atoms with Gasteiger partial charge < -0.3 is 24.3 Å². The lowest BCUT2D eigenvalue weighted by Gasteiger charge is -2.30. The van der Waals surface area contributed by atoms with Gasteiger partial charge in [0.2, 0.25) is 6.36 Å². The van der Waals surface area contributed by atoms with Crippen LogP contribution in [0.1, 0.15) is 41.8 Å². The normalized spacial score (nSPS) is 19.9. The zero-order valence-electron chi connectivity index (χ0n) is 24.3. The molecule has 2 aliphatic rings. The van der Waals surface area contributed by atoms with Crippen molar-refractivity contribution in [3.05, 3.63) is 66.0 Å². The minimum absolute atomic E-state index is 0.173. The molecule has 2 aromatic heterocycles. The molecule has 1 N–H and O–H groups in total. The minimum Gasteiger partial charge on any atom is -0.496 e. The van der Waals surface area contributed by atoms with Crippen LogP contribution in [0.4, 0.5) is 8.78 Å². The number of ether oxygens (including phenoxy) is 4. The van der Waals surface area contributed by atoms with Gasteiger partial charge in [-0.3, -0.25) is 9.69 Å². The number of methoxy groups -OCH3 is 1. The summed E-state index contributed by atoms with van der Waals surface area (Å²) < 4.78 is 51.8. The van der Waals surface area contributed by atoms with Crippen LogP contribution in [0.25, 0.3) is 16.6 Å². The number of benzene rings is 1. The SMILES string of the molecule is C=CC(F)OCc1cc(-c2cnn3cc(C(C)(C)OCCN4CCOCC4)ccc23)cc(OC)c1C(=O)N[C@@H]1C[C@@H]1F. The molecule has 226 valence electrons. The van der Waals surface area contributed by atoms with Gasteiger partial charge in [-0.15, -0.1) is 0 Å². The Balaban J connectivity index is 1.40. The summed E-state index contributed by atoms with van der Waals surface area (Å²) in [5.74, 6) is -0.240. The van der Waals surface area contributed by atoms with Crippen molar-refractivity contribution in [2.75, 3.05) is 46.6 Å². The van der Waals surface area contributed by atoms with Crippen LogP contribution in [0.3, 0.4) is 0 Å². The fourth-order valence-corrected chi connectivity index (χ4v) is 5.05. The van der Waals surface area contributed by atoms with Gasteiger partial charge in [0.25, 0.3) is 5.91 Å². The van der Waals surface area contributed by atoms with Crippen molar-refractivity contribution >= 4 is 11.4 Å². The number of fused-ring (bicyclic) bond motifs is 1. The summed E-state index contributed by atoms with van der Waals surface area (Å²) in [6.07, 6.45) is 2.17. The summed E-state index contributed by atoms with van der Waals surface area (Å²) in [6.45, 7) is 12.0. The van der Waals surface area contributed by atoms with Crippen LogP contribution in [0.2, 0.25) is 0 Å². The first-order valence-electron chi connectivity index (χ1n) is 14.2. The summed E-state index contributed by atoms with van der Waals surface area (Å²) in [4.78, 5) is 15.4. The molecule has 1 aromatic carbocycles. The highest BCUT2D eigenvalue weighted by atomic mass is 19.1. The molecule has 11 heteroatoms. The second-order valence-electron chi connectivity index (χ2n) is 11.1. The molecule has 0 spiro atoms. The number of amides is 1. The van der Waals surface area contributed by atoms with Crippen molar-refractivity contribution in [2.24, 2.45) is 0 Å². The number of hydrogen-bond donors (Lipinski definition) is 1. The van der Waals surface area contributed by atoms with Crippen molar-refractivity contribution in [3.8, 4) is 16.9 Å². The van der Waals surface area contributed by atoms with Gasteiger partial charge in [-0.25, -0.2) is 13.3 Å². The molecule has 5 rings (SSSR count). The number of carbonyl (C=O) groups is 1. The van der Waals surface area contributed by atoms with Gasteiger partial charge in [-0.2, -0.15) is 5.10 Å². The molecule has 3 heterocycles. The Kier molecular flexibility index (Phi) is 9.22. The number of alkyl halides is 2. The molecule has 1 aliphatic carbocycles. The molecule has 1 saturated heterocycles. The first kappa shape index (κ1) is 30.1. The quantitative estimate of drug-likeness (QED) is 0.298. The summed E-state index contributed by atoms with van der Waals surface area (Å²) in [7, 11) is 1.45. The average Bonchev–Trinajstić information content (AvgIpc) is 3.51. The molecule has 1 amide bonds. The van der Waals surface area contributed by atoms with Gasteiger partial charge >= 0.3 is 0 Å². The fourth-order valence-electron chi connectivity index (χ4n) is 5.05. The van der Waals surface area contributed by atoms with E-state index in [1.165, 1.54) is 7.11 Å². The third kappa shape index (κ3) is 6.81. The lowest BCUT2D eigenvalue weighted by Crippen LogP contribution is -2.39. The van der Waals surface area contributed by atoms with Gasteiger partial charge in [-0.05, 0) is 49.2 Å². The van der Waals surface area contributed by atoms with Crippen molar-refractivity contribution < 1.29 is 32.5 Å². The Morgan fingerprint density at radius 3 is 2.76 bits per heavy atom. The van der Waals surface area contributed by atoms with E-state index >= 15 is 0 Å². The number of pyridine rings is 1. The molecule has 1 unspecified atom stereocenters. The first-order valence-corrected chi connectivity index (χ1v) is 14.2. The number of carbonyl (C=O) groups excluding carboxylic acids is 1. The monoisotopic (exact) mass is 584 g/mol. The largest absolute Gasteiger partial charge is 0.496 e. The number of aromatic nitrogens is 2. The predicted molar refractivity (Wildman–Crippen MR) is 154 cm³/mol. The average molecular weight is 585 g/mol. The molecule has 42 heavy (non-hydrogen) atoms. The van der Waals surface area contributed by atoms with Crippen molar-refractivity contribution in [2.45, 2.75) is 51.0 Å². The molecule has 1 saturated carbocycles. The number of nitrogens with zero attached hydrogens (tertiary/aromatic N) is 3. The van der Waals surface area contributed by atoms with E-state index in [9.17, 15) is 13.6 Å². The van der Waals surface area contributed by atoms with E-state index in [0.717, 1.165) is 55.6 Å². The highest BCUT2D eigenvalue weighted by Crippen LogP contribution is 2.35. The Hall–Kier alpha value is -3.38. The van der Waals surface area contributed by atoms with Gasteiger partial charge in [0.05, 0.1) is 62.5 Å². The Labute approximate surface area is 244 Å². The first-order chi connectivity index (χ1) is 20.2. The van der Waals surface area contributed by atoms with E-state index in [-0.39, 0.29) is 24.3 Å². The minimum atomic E-state index is -1.72. The lowest BCUT2D eigenvalue weighted by molar-refractivity contribution is -0.0422. The maximum absolute atomic E-state index is 13.9. The summed E-state index contributed by atoms with van der Waals surface area (Å²) >= 11 is 0. The van der Waals surface area contributed by atoms with Crippen LogP contribution in [0, 0.1) is 0 Å². The van der Waals surface area contributed by atoms with Crippen LogP contribution in [0.5, 0.6) is 5.75 Å². The zero-order valence-corrected chi connectivity index (χ0v) is 24.3. The summed E-state index contributed by atoms with van der Waals surface area (Å²) in [6, 6.07) is 6.91.